The third-order valence-corrected chi connectivity index (χ3v) is 2.97. The van der Waals surface area contributed by atoms with Crippen LogP contribution in [0, 0.1) is 16.7 Å². The lowest BCUT2D eigenvalue weighted by Crippen LogP contribution is -2.14. The molecule has 1 aromatic carbocycles. The van der Waals surface area contributed by atoms with Gasteiger partial charge in [-0.05, 0) is 44.9 Å². The molecule has 0 saturated carbocycles. The third-order valence-electron chi connectivity index (χ3n) is 2.97. The Morgan fingerprint density at radius 2 is 2.11 bits per heavy atom. The van der Waals surface area contributed by atoms with E-state index in [4.69, 9.17) is 20.5 Å². The second-order valence-corrected chi connectivity index (χ2v) is 5.08. The van der Waals surface area contributed by atoms with E-state index in [2.05, 4.69) is 6.07 Å². The summed E-state index contributed by atoms with van der Waals surface area (Å²) in [5.74, 6) is 1.45. The number of nitriles is 1. The van der Waals surface area contributed by atoms with E-state index in [0.29, 0.717) is 25.3 Å². The van der Waals surface area contributed by atoms with Crippen LogP contribution < -0.4 is 15.2 Å². The summed E-state index contributed by atoms with van der Waals surface area (Å²) in [6, 6.07) is 8.04. The molecule has 4 nitrogen and oxygen atoms in total. The topological polar surface area (TPSA) is 68.3 Å². The number of benzene rings is 1. The molecule has 0 aliphatic rings. The standard InChI is InChI=1S/C15H22N2O2/c1-15(2,11-17)8-10-19-14-12(7-9-16)5-4-6-13(14)18-3/h4-6H,7-10,16H2,1-3H3. The molecule has 0 aromatic heterocycles. The quantitative estimate of drug-likeness (QED) is 0.819. The van der Waals surface area contributed by atoms with Gasteiger partial charge >= 0.3 is 0 Å². The predicted octanol–water partition coefficient (Wildman–Crippen LogP) is 2.52. The van der Waals surface area contributed by atoms with E-state index < -0.39 is 0 Å². The fourth-order valence-electron chi connectivity index (χ4n) is 1.70. The fourth-order valence-corrected chi connectivity index (χ4v) is 1.70. The van der Waals surface area contributed by atoms with Gasteiger partial charge in [0.25, 0.3) is 0 Å². The van der Waals surface area contributed by atoms with Crippen molar-refractivity contribution in [1.82, 2.24) is 0 Å². The Labute approximate surface area is 115 Å². The van der Waals surface area contributed by atoms with Crippen molar-refractivity contribution < 1.29 is 9.47 Å². The zero-order chi connectivity index (χ0) is 14.3. The van der Waals surface area contributed by atoms with Crippen molar-refractivity contribution in [3.8, 4) is 17.6 Å². The number of nitrogens with zero attached hydrogens (tertiary/aromatic N) is 1. The summed E-state index contributed by atoms with van der Waals surface area (Å²) in [4.78, 5) is 0. The van der Waals surface area contributed by atoms with E-state index >= 15 is 0 Å². The largest absolute Gasteiger partial charge is 0.493 e. The van der Waals surface area contributed by atoms with Crippen LogP contribution >= 0.6 is 0 Å². The first-order valence-corrected chi connectivity index (χ1v) is 6.44. The first-order valence-electron chi connectivity index (χ1n) is 6.44. The Morgan fingerprint density at radius 3 is 2.68 bits per heavy atom. The molecule has 0 saturated heterocycles. The van der Waals surface area contributed by atoms with Gasteiger partial charge in [0.2, 0.25) is 0 Å². The second kappa shape index (κ2) is 7.01. The molecule has 19 heavy (non-hydrogen) atoms. The molecule has 0 spiro atoms. The molecule has 1 rings (SSSR count). The smallest absolute Gasteiger partial charge is 0.164 e. The minimum Gasteiger partial charge on any atom is -0.493 e. The average molecular weight is 262 g/mol. The van der Waals surface area contributed by atoms with E-state index in [-0.39, 0.29) is 5.41 Å². The zero-order valence-corrected chi connectivity index (χ0v) is 11.9. The van der Waals surface area contributed by atoms with Crippen LogP contribution in [0.1, 0.15) is 25.8 Å². The van der Waals surface area contributed by atoms with Crippen LogP contribution in [0.4, 0.5) is 0 Å². The van der Waals surface area contributed by atoms with Crippen LogP contribution in [0.25, 0.3) is 0 Å². The maximum absolute atomic E-state index is 8.98. The minimum absolute atomic E-state index is 0.379. The number of hydrogen-bond donors (Lipinski definition) is 1. The Kier molecular flexibility index (Phi) is 5.65. The summed E-state index contributed by atoms with van der Waals surface area (Å²) < 4.78 is 11.1. The summed E-state index contributed by atoms with van der Waals surface area (Å²) >= 11 is 0. The van der Waals surface area contributed by atoms with Crippen molar-refractivity contribution in [3.63, 3.8) is 0 Å². The molecule has 2 N–H and O–H groups in total. The molecule has 0 amide bonds. The van der Waals surface area contributed by atoms with Crippen molar-refractivity contribution in [2.24, 2.45) is 11.1 Å². The van der Waals surface area contributed by atoms with Crippen molar-refractivity contribution >= 4 is 0 Å². The van der Waals surface area contributed by atoms with Gasteiger partial charge in [0.05, 0.1) is 25.2 Å². The van der Waals surface area contributed by atoms with Crippen molar-refractivity contribution in [2.75, 3.05) is 20.3 Å². The van der Waals surface area contributed by atoms with Crippen molar-refractivity contribution in [2.45, 2.75) is 26.7 Å². The van der Waals surface area contributed by atoms with Crippen LogP contribution in [-0.4, -0.2) is 20.3 Å². The molecular formula is C15H22N2O2. The molecule has 104 valence electrons. The highest BCUT2D eigenvalue weighted by Crippen LogP contribution is 2.32. The maximum atomic E-state index is 8.98. The first kappa shape index (κ1) is 15.3. The first-order chi connectivity index (χ1) is 9.04. The van der Waals surface area contributed by atoms with E-state index in [1.54, 1.807) is 7.11 Å². The Bertz CT molecular complexity index is 450. The minimum atomic E-state index is -0.379. The van der Waals surface area contributed by atoms with Gasteiger partial charge in [0.15, 0.2) is 11.5 Å². The van der Waals surface area contributed by atoms with Gasteiger partial charge in [-0.3, -0.25) is 0 Å². The van der Waals surface area contributed by atoms with Gasteiger partial charge in [-0.2, -0.15) is 5.26 Å². The number of hydrogen-bond acceptors (Lipinski definition) is 4. The third kappa shape index (κ3) is 4.46. The molecule has 0 bridgehead atoms. The number of rotatable bonds is 7. The number of ether oxygens (including phenoxy) is 2. The Balaban J connectivity index is 2.78. The van der Waals surface area contributed by atoms with Crippen molar-refractivity contribution in [3.05, 3.63) is 23.8 Å². The zero-order valence-electron chi connectivity index (χ0n) is 11.9. The van der Waals surface area contributed by atoms with Gasteiger partial charge in [0, 0.05) is 0 Å². The maximum Gasteiger partial charge on any atom is 0.164 e. The average Bonchev–Trinajstić information content (AvgIpc) is 2.40. The Morgan fingerprint density at radius 1 is 1.37 bits per heavy atom. The summed E-state index contributed by atoms with van der Waals surface area (Å²) in [5, 5.41) is 8.98. The lowest BCUT2D eigenvalue weighted by molar-refractivity contribution is 0.250. The van der Waals surface area contributed by atoms with Gasteiger partial charge in [-0.1, -0.05) is 12.1 Å². The van der Waals surface area contributed by atoms with Crippen LogP contribution in [-0.2, 0) is 6.42 Å². The summed E-state index contributed by atoms with van der Waals surface area (Å²) in [7, 11) is 1.62. The lowest BCUT2D eigenvalue weighted by Gasteiger charge is -2.18. The highest BCUT2D eigenvalue weighted by atomic mass is 16.5. The van der Waals surface area contributed by atoms with E-state index in [0.717, 1.165) is 17.7 Å². The summed E-state index contributed by atoms with van der Waals surface area (Å²) in [5.41, 5.74) is 6.26. The molecule has 0 atom stereocenters. The van der Waals surface area contributed by atoms with Crippen LogP contribution in [0.5, 0.6) is 11.5 Å². The molecule has 0 aliphatic carbocycles. The van der Waals surface area contributed by atoms with Gasteiger partial charge in [-0.25, -0.2) is 0 Å². The molecule has 0 heterocycles. The number of para-hydroxylation sites is 1. The number of nitrogens with two attached hydrogens (primary N) is 1. The predicted molar refractivity (Wildman–Crippen MR) is 75.3 cm³/mol. The highest BCUT2D eigenvalue weighted by molar-refractivity contribution is 5.46. The molecular weight excluding hydrogens is 240 g/mol. The van der Waals surface area contributed by atoms with E-state index in [1.807, 2.05) is 32.0 Å². The SMILES string of the molecule is COc1cccc(CCN)c1OCCC(C)(C)C#N. The molecule has 0 radical (unpaired) electrons. The van der Waals surface area contributed by atoms with Crippen LogP contribution in [0.15, 0.2) is 18.2 Å². The van der Waals surface area contributed by atoms with Crippen molar-refractivity contribution in [1.29, 1.82) is 5.26 Å². The van der Waals surface area contributed by atoms with Gasteiger partial charge < -0.3 is 15.2 Å². The monoisotopic (exact) mass is 262 g/mol. The molecule has 1 aromatic rings. The second-order valence-electron chi connectivity index (χ2n) is 5.08. The van der Waals surface area contributed by atoms with Crippen LogP contribution in [0.3, 0.4) is 0 Å². The van der Waals surface area contributed by atoms with Crippen LogP contribution in [0.2, 0.25) is 0 Å². The fraction of sp³-hybridized carbons (Fsp3) is 0.533. The van der Waals surface area contributed by atoms with Gasteiger partial charge in [-0.15, -0.1) is 0 Å². The summed E-state index contributed by atoms with van der Waals surface area (Å²) in [6.07, 6.45) is 1.41. The lowest BCUT2D eigenvalue weighted by atomic mass is 9.92. The molecule has 4 heteroatoms. The van der Waals surface area contributed by atoms with E-state index in [1.165, 1.54) is 0 Å². The molecule has 0 unspecified atom stereocenters. The van der Waals surface area contributed by atoms with E-state index in [9.17, 15) is 0 Å². The summed E-state index contributed by atoms with van der Waals surface area (Å²) in [6.45, 7) is 4.85. The van der Waals surface area contributed by atoms with Gasteiger partial charge in [0.1, 0.15) is 0 Å². The molecule has 0 aliphatic heterocycles. The number of methoxy groups -OCH3 is 1. The molecule has 0 fully saturated rings. The Hall–Kier alpha value is -1.73. The highest BCUT2D eigenvalue weighted by Gasteiger charge is 2.17. The normalized spacial score (nSPS) is 10.9.